The first kappa shape index (κ1) is 12.6. The van der Waals surface area contributed by atoms with Crippen LogP contribution in [0.25, 0.3) is 0 Å². The van der Waals surface area contributed by atoms with Crippen LogP contribution in [-0.4, -0.2) is 20.7 Å². The molecule has 7 heteroatoms. The Kier molecular flexibility index (Phi) is 3.61. The topological polar surface area (TPSA) is 85.8 Å². The lowest BCUT2D eigenvalue weighted by molar-refractivity contribution is -0.116. The maximum Gasteiger partial charge on any atom is 0.247 e. The summed E-state index contributed by atoms with van der Waals surface area (Å²) in [5.74, 6) is 0.736. The van der Waals surface area contributed by atoms with Crippen molar-refractivity contribution in [3.8, 4) is 0 Å². The van der Waals surface area contributed by atoms with Crippen molar-refractivity contribution in [1.82, 2.24) is 14.8 Å². The molecule has 3 N–H and O–H groups in total. The van der Waals surface area contributed by atoms with E-state index in [2.05, 4.69) is 31.3 Å². The second-order valence-electron chi connectivity index (χ2n) is 3.81. The van der Waals surface area contributed by atoms with E-state index in [1.807, 2.05) is 13.0 Å². The number of aromatic nitrogens is 3. The average molecular weight is 310 g/mol. The number of aryl methyl sites for hydroxylation is 1. The van der Waals surface area contributed by atoms with Crippen molar-refractivity contribution >= 4 is 33.5 Å². The molecule has 18 heavy (non-hydrogen) atoms. The minimum absolute atomic E-state index is 0.106. The number of nitrogens with zero attached hydrogens (tertiary/aromatic N) is 3. The summed E-state index contributed by atoms with van der Waals surface area (Å²) in [7, 11) is 0. The molecule has 0 saturated heterocycles. The second-order valence-corrected chi connectivity index (χ2v) is 4.72. The van der Waals surface area contributed by atoms with Crippen molar-refractivity contribution in [3.63, 3.8) is 0 Å². The van der Waals surface area contributed by atoms with Gasteiger partial charge in [-0.25, -0.2) is 4.98 Å². The zero-order chi connectivity index (χ0) is 13.1. The number of hydrogen-bond donors (Lipinski definition) is 2. The van der Waals surface area contributed by atoms with Gasteiger partial charge in [-0.05, 0) is 40.5 Å². The molecule has 0 aliphatic rings. The van der Waals surface area contributed by atoms with Gasteiger partial charge < -0.3 is 11.1 Å². The van der Waals surface area contributed by atoms with Crippen molar-refractivity contribution in [2.45, 2.75) is 13.5 Å². The molecule has 0 bridgehead atoms. The number of pyridine rings is 1. The van der Waals surface area contributed by atoms with E-state index in [0.29, 0.717) is 11.6 Å². The first-order valence-corrected chi connectivity index (χ1v) is 6.05. The Balaban J connectivity index is 2.03. The van der Waals surface area contributed by atoms with Gasteiger partial charge in [0.25, 0.3) is 0 Å². The van der Waals surface area contributed by atoms with E-state index in [4.69, 9.17) is 5.73 Å². The van der Waals surface area contributed by atoms with Crippen LogP contribution in [0.4, 0.5) is 11.6 Å². The predicted octanol–water partition coefficient (Wildman–Crippen LogP) is 1.57. The normalized spacial score (nSPS) is 10.3. The van der Waals surface area contributed by atoms with Gasteiger partial charge >= 0.3 is 0 Å². The number of amides is 1. The van der Waals surface area contributed by atoms with Gasteiger partial charge in [0, 0.05) is 16.9 Å². The molecule has 0 aromatic carbocycles. The minimum atomic E-state index is -0.198. The molecular formula is C11H12BrN5O. The van der Waals surface area contributed by atoms with Gasteiger partial charge in [0.1, 0.15) is 18.2 Å². The van der Waals surface area contributed by atoms with Crippen LogP contribution < -0.4 is 11.1 Å². The lowest BCUT2D eigenvalue weighted by Gasteiger charge is -2.07. The Morgan fingerprint density at radius 3 is 3.00 bits per heavy atom. The quantitative estimate of drug-likeness (QED) is 0.901. The first-order valence-electron chi connectivity index (χ1n) is 5.25. The zero-order valence-electron chi connectivity index (χ0n) is 9.72. The van der Waals surface area contributed by atoms with Crippen molar-refractivity contribution < 1.29 is 4.79 Å². The molecule has 2 rings (SSSR count). The number of nitrogen functional groups attached to an aromatic ring is 1. The van der Waals surface area contributed by atoms with E-state index in [1.54, 1.807) is 18.5 Å². The van der Waals surface area contributed by atoms with Crippen LogP contribution in [0.1, 0.15) is 5.56 Å². The molecule has 1 amide bonds. The third kappa shape index (κ3) is 3.07. The molecule has 0 saturated carbocycles. The first-order chi connectivity index (χ1) is 8.54. The van der Waals surface area contributed by atoms with Gasteiger partial charge in [0.2, 0.25) is 5.91 Å². The van der Waals surface area contributed by atoms with E-state index < -0.39 is 0 Å². The fraction of sp³-hybridized carbons (Fsp3) is 0.182. The summed E-state index contributed by atoms with van der Waals surface area (Å²) in [4.78, 5) is 15.9. The fourth-order valence-electron chi connectivity index (χ4n) is 1.46. The van der Waals surface area contributed by atoms with Crippen LogP contribution in [0.5, 0.6) is 0 Å². The van der Waals surface area contributed by atoms with Crippen LogP contribution >= 0.6 is 15.9 Å². The van der Waals surface area contributed by atoms with E-state index in [0.717, 1.165) is 10.0 Å². The van der Waals surface area contributed by atoms with Crippen LogP contribution in [0.3, 0.4) is 0 Å². The monoisotopic (exact) mass is 309 g/mol. The average Bonchev–Trinajstić information content (AvgIpc) is 2.68. The highest BCUT2D eigenvalue weighted by molar-refractivity contribution is 9.10. The van der Waals surface area contributed by atoms with Crippen molar-refractivity contribution in [2.75, 3.05) is 11.1 Å². The van der Waals surface area contributed by atoms with E-state index in [1.165, 1.54) is 4.68 Å². The molecule has 0 radical (unpaired) electrons. The lowest BCUT2D eigenvalue weighted by Crippen LogP contribution is -2.20. The number of hydrogen-bond acceptors (Lipinski definition) is 4. The lowest BCUT2D eigenvalue weighted by atomic mass is 10.3. The number of nitrogens with two attached hydrogens (primary N) is 1. The molecule has 6 nitrogen and oxygen atoms in total. The summed E-state index contributed by atoms with van der Waals surface area (Å²) in [5.41, 5.74) is 6.35. The second kappa shape index (κ2) is 5.18. The van der Waals surface area contributed by atoms with Gasteiger partial charge in [-0.1, -0.05) is 0 Å². The standard InChI is InChI=1S/C11H12BrN5O/c1-7-4-8(12)5-14-11(7)15-10(18)6-17-3-2-9(13)16-17/h2-5H,6H2,1H3,(H2,13,16)(H,14,15,18). The third-order valence-electron chi connectivity index (χ3n) is 2.27. The minimum Gasteiger partial charge on any atom is -0.382 e. The van der Waals surface area contributed by atoms with Crippen LogP contribution in [-0.2, 0) is 11.3 Å². The Bertz CT molecular complexity index is 581. The van der Waals surface area contributed by atoms with Crippen molar-refractivity contribution in [3.05, 3.63) is 34.6 Å². The Morgan fingerprint density at radius 1 is 1.61 bits per heavy atom. The number of nitrogens with one attached hydrogen (secondary N) is 1. The van der Waals surface area contributed by atoms with E-state index in [-0.39, 0.29) is 12.5 Å². The molecule has 2 heterocycles. The molecule has 0 unspecified atom stereocenters. The van der Waals surface area contributed by atoms with Crippen LogP contribution in [0, 0.1) is 6.92 Å². The van der Waals surface area contributed by atoms with Crippen LogP contribution in [0.2, 0.25) is 0 Å². The maximum absolute atomic E-state index is 11.8. The highest BCUT2D eigenvalue weighted by atomic mass is 79.9. The summed E-state index contributed by atoms with van der Waals surface area (Å²) in [6, 6.07) is 3.52. The molecule has 0 fully saturated rings. The fourth-order valence-corrected chi connectivity index (χ4v) is 1.90. The van der Waals surface area contributed by atoms with Crippen molar-refractivity contribution in [1.29, 1.82) is 0 Å². The molecule has 0 atom stereocenters. The summed E-state index contributed by atoms with van der Waals surface area (Å²) in [5, 5.41) is 6.66. The maximum atomic E-state index is 11.8. The summed E-state index contributed by atoms with van der Waals surface area (Å²) < 4.78 is 2.34. The SMILES string of the molecule is Cc1cc(Br)cnc1NC(=O)Cn1ccc(N)n1. The summed E-state index contributed by atoms with van der Waals surface area (Å²) >= 11 is 3.32. The van der Waals surface area contributed by atoms with E-state index in [9.17, 15) is 4.79 Å². The van der Waals surface area contributed by atoms with Gasteiger partial charge in [-0.2, -0.15) is 5.10 Å². The van der Waals surface area contributed by atoms with Gasteiger partial charge in [0.05, 0.1) is 0 Å². The molecule has 0 aliphatic heterocycles. The van der Waals surface area contributed by atoms with Gasteiger partial charge in [0.15, 0.2) is 0 Å². The summed E-state index contributed by atoms with van der Waals surface area (Å²) in [6.07, 6.45) is 3.28. The Labute approximate surface area is 112 Å². The molecule has 94 valence electrons. The molecule has 0 aliphatic carbocycles. The number of carbonyl (C=O) groups is 1. The van der Waals surface area contributed by atoms with Crippen molar-refractivity contribution in [2.24, 2.45) is 0 Å². The van der Waals surface area contributed by atoms with Crippen LogP contribution in [0.15, 0.2) is 29.0 Å². The number of anilines is 2. The molecule has 0 spiro atoms. The largest absolute Gasteiger partial charge is 0.382 e. The van der Waals surface area contributed by atoms with Gasteiger partial charge in [-0.15, -0.1) is 0 Å². The molecule has 2 aromatic heterocycles. The zero-order valence-corrected chi connectivity index (χ0v) is 11.3. The molecular weight excluding hydrogens is 298 g/mol. The Morgan fingerprint density at radius 2 is 2.39 bits per heavy atom. The number of rotatable bonds is 3. The Hall–Kier alpha value is -1.89. The predicted molar refractivity (Wildman–Crippen MR) is 71.9 cm³/mol. The van der Waals surface area contributed by atoms with E-state index >= 15 is 0 Å². The highest BCUT2D eigenvalue weighted by Crippen LogP contribution is 2.16. The van der Waals surface area contributed by atoms with Gasteiger partial charge in [-0.3, -0.25) is 9.48 Å². The molecule has 2 aromatic rings. The summed E-state index contributed by atoms with van der Waals surface area (Å²) in [6.45, 7) is 1.98. The third-order valence-corrected chi connectivity index (χ3v) is 2.70. The smallest absolute Gasteiger partial charge is 0.247 e. The highest BCUT2D eigenvalue weighted by Gasteiger charge is 2.07. The number of halogens is 1. The number of carbonyl (C=O) groups excluding carboxylic acids is 1.